The van der Waals surface area contributed by atoms with Crippen molar-refractivity contribution < 1.29 is 14.3 Å². The minimum Gasteiger partial charge on any atom is -0.461 e. The zero-order valence-corrected chi connectivity index (χ0v) is 13.3. The molecule has 7 heteroatoms. The Morgan fingerprint density at radius 2 is 1.90 bits per heavy atom. The lowest BCUT2D eigenvalue weighted by Crippen LogP contribution is -2.38. The summed E-state index contributed by atoms with van der Waals surface area (Å²) in [5, 5.41) is 10.7. The summed E-state index contributed by atoms with van der Waals surface area (Å²) in [6.45, 7) is 9.48. The van der Waals surface area contributed by atoms with Crippen LogP contribution in [0.3, 0.4) is 0 Å². The molecule has 0 saturated carbocycles. The third-order valence-corrected chi connectivity index (χ3v) is 3.47. The number of nitrogens with zero attached hydrogens (tertiary/aromatic N) is 3. The number of aromatic nitrogens is 3. The number of hydrogen-bond acceptors (Lipinski definition) is 5. The van der Waals surface area contributed by atoms with E-state index in [1.54, 1.807) is 20.8 Å². The van der Waals surface area contributed by atoms with Crippen LogP contribution in [-0.2, 0) is 9.53 Å². The van der Waals surface area contributed by atoms with Gasteiger partial charge in [-0.05, 0) is 33.6 Å². The van der Waals surface area contributed by atoms with Crippen LogP contribution in [0.5, 0.6) is 0 Å². The van der Waals surface area contributed by atoms with Crippen molar-refractivity contribution in [3.63, 3.8) is 0 Å². The fourth-order valence-electron chi connectivity index (χ4n) is 2.02. The second-order valence-corrected chi connectivity index (χ2v) is 4.89. The van der Waals surface area contributed by atoms with Crippen molar-refractivity contribution in [2.75, 3.05) is 6.61 Å². The maximum atomic E-state index is 12.2. The molecule has 1 amide bonds. The van der Waals surface area contributed by atoms with Gasteiger partial charge < -0.3 is 10.1 Å². The lowest BCUT2D eigenvalue weighted by molar-refractivity contribution is -0.125. The molecular formula is C14H24N4O3. The average molecular weight is 296 g/mol. The van der Waals surface area contributed by atoms with E-state index < -0.39 is 12.0 Å². The highest BCUT2D eigenvalue weighted by Crippen LogP contribution is 2.13. The summed E-state index contributed by atoms with van der Waals surface area (Å²) in [4.78, 5) is 23.9. The molecule has 1 unspecified atom stereocenters. The quantitative estimate of drug-likeness (QED) is 0.773. The fraction of sp³-hybridized carbons (Fsp3) is 0.714. The van der Waals surface area contributed by atoms with Crippen molar-refractivity contribution in [3.8, 4) is 0 Å². The average Bonchev–Trinajstić information content (AvgIpc) is 2.85. The Bertz CT molecular complexity index is 494. The van der Waals surface area contributed by atoms with Gasteiger partial charge in [0.2, 0.25) is 5.91 Å². The number of hydrogen-bond donors (Lipinski definition) is 1. The van der Waals surface area contributed by atoms with Crippen molar-refractivity contribution >= 4 is 11.9 Å². The van der Waals surface area contributed by atoms with Gasteiger partial charge in [-0.1, -0.05) is 19.1 Å². The second-order valence-electron chi connectivity index (χ2n) is 4.89. The van der Waals surface area contributed by atoms with Crippen LogP contribution in [-0.4, -0.2) is 39.5 Å². The monoisotopic (exact) mass is 296 g/mol. The zero-order chi connectivity index (χ0) is 16.0. The lowest BCUT2D eigenvalue weighted by Gasteiger charge is -2.19. The third kappa shape index (κ3) is 4.03. The molecule has 0 saturated heterocycles. The van der Waals surface area contributed by atoms with Gasteiger partial charge in [-0.15, -0.1) is 5.10 Å². The topological polar surface area (TPSA) is 86.1 Å². The van der Waals surface area contributed by atoms with Crippen LogP contribution < -0.4 is 5.32 Å². The molecule has 0 bridgehead atoms. The Morgan fingerprint density at radius 3 is 2.43 bits per heavy atom. The fourth-order valence-corrected chi connectivity index (χ4v) is 2.02. The smallest absolute Gasteiger partial charge is 0.360 e. The number of carbonyl (C=O) groups is 2. The summed E-state index contributed by atoms with van der Waals surface area (Å²) in [6.07, 6.45) is 1.75. The van der Waals surface area contributed by atoms with E-state index in [9.17, 15) is 9.59 Å². The molecule has 0 aromatic carbocycles. The van der Waals surface area contributed by atoms with Crippen LogP contribution in [0.15, 0.2) is 0 Å². The van der Waals surface area contributed by atoms with E-state index in [0.29, 0.717) is 5.69 Å². The van der Waals surface area contributed by atoms with E-state index in [1.807, 2.05) is 13.8 Å². The summed E-state index contributed by atoms with van der Waals surface area (Å²) in [5.74, 6) is -0.652. The van der Waals surface area contributed by atoms with Crippen molar-refractivity contribution in [2.45, 2.75) is 59.5 Å². The highest BCUT2D eigenvalue weighted by molar-refractivity contribution is 5.88. The van der Waals surface area contributed by atoms with Gasteiger partial charge >= 0.3 is 5.97 Å². The summed E-state index contributed by atoms with van der Waals surface area (Å²) in [5.41, 5.74) is 0.680. The molecule has 0 spiro atoms. The lowest BCUT2D eigenvalue weighted by atomic mass is 10.1. The van der Waals surface area contributed by atoms with Crippen molar-refractivity contribution in [2.24, 2.45) is 0 Å². The third-order valence-electron chi connectivity index (χ3n) is 3.47. The van der Waals surface area contributed by atoms with E-state index in [2.05, 4.69) is 15.6 Å². The molecule has 1 heterocycles. The number of ether oxygens (including phenoxy) is 1. The molecular weight excluding hydrogens is 272 g/mol. The number of amides is 1. The Morgan fingerprint density at radius 1 is 1.29 bits per heavy atom. The first-order valence-corrected chi connectivity index (χ1v) is 7.35. The van der Waals surface area contributed by atoms with Gasteiger partial charge in [-0.3, -0.25) is 4.79 Å². The molecule has 1 aromatic heterocycles. The Kier molecular flexibility index (Phi) is 6.33. The van der Waals surface area contributed by atoms with E-state index in [4.69, 9.17) is 4.74 Å². The molecule has 21 heavy (non-hydrogen) atoms. The predicted octanol–water partition coefficient (Wildman–Crippen LogP) is 1.63. The van der Waals surface area contributed by atoms with Crippen LogP contribution >= 0.6 is 0 Å². The summed E-state index contributed by atoms with van der Waals surface area (Å²) in [7, 11) is 0. The summed E-state index contributed by atoms with van der Waals surface area (Å²) < 4.78 is 6.35. The SMILES string of the molecule is CCOC(=O)c1nnn(C(C)C(=O)NC(CC)CC)c1C. The molecule has 0 aliphatic heterocycles. The van der Waals surface area contributed by atoms with Gasteiger partial charge in [0, 0.05) is 6.04 Å². The van der Waals surface area contributed by atoms with Gasteiger partial charge in [-0.2, -0.15) is 0 Å². The van der Waals surface area contributed by atoms with Crippen LogP contribution in [0.25, 0.3) is 0 Å². The maximum absolute atomic E-state index is 12.2. The number of rotatable bonds is 7. The maximum Gasteiger partial charge on any atom is 0.360 e. The molecule has 118 valence electrons. The van der Waals surface area contributed by atoms with Crippen molar-refractivity contribution in [3.05, 3.63) is 11.4 Å². The molecule has 1 aromatic rings. The van der Waals surface area contributed by atoms with Gasteiger partial charge in [0.15, 0.2) is 5.69 Å². The zero-order valence-electron chi connectivity index (χ0n) is 13.3. The first-order chi connectivity index (χ1) is 9.96. The number of carbonyl (C=O) groups excluding carboxylic acids is 2. The molecule has 1 atom stereocenters. The molecule has 1 rings (SSSR count). The molecule has 0 aliphatic rings. The van der Waals surface area contributed by atoms with Crippen molar-refractivity contribution in [1.82, 2.24) is 20.3 Å². The van der Waals surface area contributed by atoms with Crippen LogP contribution in [0.4, 0.5) is 0 Å². The minimum absolute atomic E-state index is 0.132. The van der Waals surface area contributed by atoms with Gasteiger partial charge in [0.1, 0.15) is 6.04 Å². The molecule has 1 N–H and O–H groups in total. The Labute approximate surface area is 125 Å². The first-order valence-electron chi connectivity index (χ1n) is 7.35. The second kappa shape index (κ2) is 7.75. The molecule has 0 radical (unpaired) electrons. The first kappa shape index (κ1) is 17.1. The van der Waals surface area contributed by atoms with Crippen LogP contribution in [0.2, 0.25) is 0 Å². The van der Waals surface area contributed by atoms with E-state index >= 15 is 0 Å². The molecule has 0 fully saturated rings. The number of nitrogens with one attached hydrogen (secondary N) is 1. The summed E-state index contributed by atoms with van der Waals surface area (Å²) in [6, 6.07) is -0.380. The van der Waals surface area contributed by atoms with Gasteiger partial charge in [-0.25, -0.2) is 9.48 Å². The van der Waals surface area contributed by atoms with E-state index in [0.717, 1.165) is 12.8 Å². The van der Waals surface area contributed by atoms with Crippen LogP contribution in [0, 0.1) is 6.92 Å². The van der Waals surface area contributed by atoms with E-state index in [-0.39, 0.29) is 24.2 Å². The van der Waals surface area contributed by atoms with Crippen molar-refractivity contribution in [1.29, 1.82) is 0 Å². The normalized spacial score (nSPS) is 12.3. The highest BCUT2D eigenvalue weighted by Gasteiger charge is 2.24. The largest absolute Gasteiger partial charge is 0.461 e. The van der Waals surface area contributed by atoms with Crippen LogP contribution in [0.1, 0.15) is 62.8 Å². The molecule has 0 aliphatic carbocycles. The molecule has 7 nitrogen and oxygen atoms in total. The standard InChI is InChI=1S/C14H24N4O3/c1-6-11(7-2)15-13(19)10(5)18-9(4)12(16-17-18)14(20)21-8-3/h10-11H,6-8H2,1-5H3,(H,15,19). The number of esters is 1. The minimum atomic E-state index is -0.527. The Balaban J connectivity index is 2.86. The highest BCUT2D eigenvalue weighted by atomic mass is 16.5. The predicted molar refractivity (Wildman–Crippen MR) is 77.9 cm³/mol. The Hall–Kier alpha value is -1.92. The summed E-state index contributed by atoms with van der Waals surface area (Å²) >= 11 is 0. The van der Waals surface area contributed by atoms with E-state index in [1.165, 1.54) is 4.68 Å². The van der Waals surface area contributed by atoms with Gasteiger partial charge in [0.25, 0.3) is 0 Å². The van der Waals surface area contributed by atoms with Gasteiger partial charge in [0.05, 0.1) is 12.3 Å².